The summed E-state index contributed by atoms with van der Waals surface area (Å²) in [6.45, 7) is 4.40. The second kappa shape index (κ2) is 58.5. The van der Waals surface area contributed by atoms with Gasteiger partial charge in [-0.05, 0) is 135 Å². The quantitative estimate of drug-likeness (QED) is 0.0195. The van der Waals surface area contributed by atoms with Crippen LogP contribution in [-0.4, -0.2) is 82.3 Å². The summed E-state index contributed by atoms with van der Waals surface area (Å²) < 4.78 is 22.6. The van der Waals surface area contributed by atoms with E-state index in [-0.39, 0.29) is 32.7 Å². The SMILES string of the molecule is CC/C=C\C/C=C\C/C=C\C/C=C\C/C=C\C/C=C\C/C=C\C/C=C\C/C=C\CCCCCCCC(=O)OC(COC(=O)CCCC/C=C\C/C=C\C/C=C\C/C=C\C/C=C\C/C=C\CC)COC(OCC[N+](C)(C)C)C(=O)[O-]. The van der Waals surface area contributed by atoms with Gasteiger partial charge in [0, 0.05) is 12.8 Å². The van der Waals surface area contributed by atoms with Crippen LogP contribution in [0.1, 0.15) is 181 Å². The molecule has 2 unspecified atom stereocenters. The number of nitrogens with zero attached hydrogens (tertiary/aromatic N) is 1. The first-order chi connectivity index (χ1) is 38.6. The zero-order valence-corrected chi connectivity index (χ0v) is 49.9. The molecule has 2 atom stereocenters. The molecule has 0 N–H and O–H groups in total. The first-order valence-electron chi connectivity index (χ1n) is 29.9. The number of ether oxygens (including phenoxy) is 4. The van der Waals surface area contributed by atoms with Crippen LogP contribution in [0.4, 0.5) is 0 Å². The second-order valence-electron chi connectivity index (χ2n) is 20.2. The molecule has 440 valence electrons. The van der Waals surface area contributed by atoms with Crippen LogP contribution < -0.4 is 5.11 Å². The van der Waals surface area contributed by atoms with Gasteiger partial charge in [-0.1, -0.05) is 215 Å². The average molecular weight is 1090 g/mol. The topological polar surface area (TPSA) is 111 Å². The summed E-state index contributed by atoms with van der Waals surface area (Å²) in [6, 6.07) is 0. The van der Waals surface area contributed by atoms with E-state index < -0.39 is 30.3 Å². The minimum Gasteiger partial charge on any atom is -0.545 e. The number of hydrogen-bond acceptors (Lipinski definition) is 8. The highest BCUT2D eigenvalue weighted by Crippen LogP contribution is 2.12. The van der Waals surface area contributed by atoms with E-state index in [4.69, 9.17) is 18.9 Å². The summed E-state index contributed by atoms with van der Waals surface area (Å²) >= 11 is 0. The van der Waals surface area contributed by atoms with Gasteiger partial charge < -0.3 is 33.3 Å². The molecule has 0 aromatic carbocycles. The molecule has 0 aliphatic heterocycles. The Morgan fingerprint density at radius 3 is 1.04 bits per heavy atom. The highest BCUT2D eigenvalue weighted by Gasteiger charge is 2.22. The molecule has 9 heteroatoms. The smallest absolute Gasteiger partial charge is 0.306 e. The normalized spacial score (nSPS) is 14.1. The number of carbonyl (C=O) groups excluding carboxylic acids is 3. The molecule has 79 heavy (non-hydrogen) atoms. The third-order valence-corrected chi connectivity index (χ3v) is 11.6. The van der Waals surface area contributed by atoms with Crippen molar-refractivity contribution < 1.29 is 42.9 Å². The lowest BCUT2D eigenvalue weighted by Crippen LogP contribution is -2.44. The Hall–Kier alpha value is -5.61. The van der Waals surface area contributed by atoms with E-state index in [9.17, 15) is 19.5 Å². The van der Waals surface area contributed by atoms with Crippen molar-refractivity contribution in [3.8, 4) is 0 Å². The number of carboxylic acids is 1. The minimum atomic E-state index is -1.65. The maximum atomic E-state index is 12.9. The number of hydrogen-bond donors (Lipinski definition) is 0. The summed E-state index contributed by atoms with van der Waals surface area (Å²) in [7, 11) is 5.88. The molecule has 0 aliphatic rings. The molecule has 0 saturated heterocycles. The van der Waals surface area contributed by atoms with Gasteiger partial charge in [-0.2, -0.15) is 0 Å². The zero-order chi connectivity index (χ0) is 57.6. The highest BCUT2D eigenvalue weighted by molar-refractivity contribution is 5.70. The third kappa shape index (κ3) is 59.9. The summed E-state index contributed by atoms with van der Waals surface area (Å²) in [5.41, 5.74) is 0. The maximum absolute atomic E-state index is 12.9. The van der Waals surface area contributed by atoms with Crippen LogP contribution in [0.2, 0.25) is 0 Å². The number of rotatable bonds is 52. The summed E-state index contributed by atoms with van der Waals surface area (Å²) in [5, 5.41) is 11.8. The standard InChI is InChI=1S/C70H107NO8/c1-6-8-10-12-14-16-18-20-22-24-26-28-29-30-31-32-33-34-35-36-37-38-39-41-43-45-47-49-51-53-55-57-59-61-68(73)79-66(65-78-70(69(74)75)76-63-62-71(3,4)5)64-77-67(72)60-58-56-54-52-50-48-46-44-42-40-27-25-23-21-19-17-15-13-11-9-7-2/h8-11,14-17,20-23,26-28,30-31,33-34,36-37,39-41,44-47,50,52,66,70H,6-7,12-13,18-19,24-25,29,32,35,38,42-43,48-49,51,53-65H2,1-5H3/b10-8-,11-9-,16-14-,17-15-,22-20-,23-21-,28-26-,31-30-,34-33-,37-36-,40-27-,41-39-,46-44-,47-45-,52-50-. The van der Waals surface area contributed by atoms with Crippen molar-refractivity contribution in [3.05, 3.63) is 182 Å². The predicted octanol–water partition coefficient (Wildman–Crippen LogP) is 16.8. The Labute approximate surface area is 481 Å². The molecule has 0 rings (SSSR count). The Morgan fingerprint density at radius 2 is 0.684 bits per heavy atom. The van der Waals surface area contributed by atoms with Crippen molar-refractivity contribution in [2.24, 2.45) is 0 Å². The molecule has 0 fully saturated rings. The monoisotopic (exact) mass is 1090 g/mol. The fourth-order valence-corrected chi connectivity index (χ4v) is 7.12. The van der Waals surface area contributed by atoms with Crippen LogP contribution in [0.25, 0.3) is 0 Å². The van der Waals surface area contributed by atoms with Crippen LogP contribution in [0, 0.1) is 0 Å². The molecule has 0 spiro atoms. The van der Waals surface area contributed by atoms with Gasteiger partial charge in [-0.25, -0.2) is 0 Å². The number of likely N-dealkylation sites (N-methyl/N-ethyl adjacent to an activating group) is 1. The van der Waals surface area contributed by atoms with Gasteiger partial charge in [0.25, 0.3) is 0 Å². The van der Waals surface area contributed by atoms with Gasteiger partial charge in [-0.15, -0.1) is 0 Å². The lowest BCUT2D eigenvalue weighted by molar-refractivity contribution is -0.870. The fraction of sp³-hybridized carbons (Fsp3) is 0.529. The summed E-state index contributed by atoms with van der Waals surface area (Å²) in [5.74, 6) is -2.40. The largest absolute Gasteiger partial charge is 0.545 e. The number of aliphatic carboxylic acids is 1. The van der Waals surface area contributed by atoms with E-state index in [1.165, 1.54) is 0 Å². The predicted molar refractivity (Wildman–Crippen MR) is 333 cm³/mol. The van der Waals surface area contributed by atoms with Crippen LogP contribution in [0.3, 0.4) is 0 Å². The number of quaternary nitrogens is 1. The van der Waals surface area contributed by atoms with E-state index >= 15 is 0 Å². The van der Waals surface area contributed by atoms with Crippen molar-refractivity contribution in [2.75, 3.05) is 47.5 Å². The van der Waals surface area contributed by atoms with E-state index in [1.54, 1.807) is 0 Å². The van der Waals surface area contributed by atoms with E-state index in [2.05, 4.69) is 196 Å². The Bertz CT molecular complexity index is 1940. The maximum Gasteiger partial charge on any atom is 0.306 e. The summed E-state index contributed by atoms with van der Waals surface area (Å²) in [4.78, 5) is 37.3. The molecule has 0 amide bonds. The number of unbranched alkanes of at least 4 members (excludes halogenated alkanes) is 7. The molecule has 0 saturated carbocycles. The van der Waals surface area contributed by atoms with Crippen molar-refractivity contribution in [1.29, 1.82) is 0 Å². The van der Waals surface area contributed by atoms with Gasteiger partial charge in [0.05, 0.1) is 40.3 Å². The van der Waals surface area contributed by atoms with Crippen molar-refractivity contribution in [2.45, 2.75) is 193 Å². The Morgan fingerprint density at radius 1 is 0.380 bits per heavy atom. The molecule has 0 aromatic rings. The van der Waals surface area contributed by atoms with Crippen molar-refractivity contribution in [3.63, 3.8) is 0 Å². The van der Waals surface area contributed by atoms with Crippen molar-refractivity contribution in [1.82, 2.24) is 0 Å². The van der Waals surface area contributed by atoms with Crippen LogP contribution in [0.15, 0.2) is 182 Å². The highest BCUT2D eigenvalue weighted by atomic mass is 16.7. The van der Waals surface area contributed by atoms with Crippen molar-refractivity contribution >= 4 is 17.9 Å². The van der Waals surface area contributed by atoms with Crippen LogP contribution in [0.5, 0.6) is 0 Å². The molecular formula is C70H107NO8. The van der Waals surface area contributed by atoms with Gasteiger partial charge in [-0.3, -0.25) is 9.59 Å². The average Bonchev–Trinajstić information content (AvgIpc) is 3.42. The number of carboxylic acid groups (broad SMARTS) is 1. The molecule has 0 aromatic heterocycles. The molecular weight excluding hydrogens is 983 g/mol. The Kier molecular flexibility index (Phi) is 54.4. The molecule has 0 aliphatic carbocycles. The first-order valence-corrected chi connectivity index (χ1v) is 29.9. The molecule has 0 heterocycles. The van der Waals surface area contributed by atoms with E-state index in [0.717, 1.165) is 141 Å². The lowest BCUT2D eigenvalue weighted by Gasteiger charge is -2.26. The van der Waals surface area contributed by atoms with Gasteiger partial charge >= 0.3 is 11.9 Å². The molecule has 0 radical (unpaired) electrons. The fourth-order valence-electron chi connectivity index (χ4n) is 7.12. The van der Waals surface area contributed by atoms with E-state index in [0.29, 0.717) is 23.9 Å². The number of allylic oxidation sites excluding steroid dienone is 30. The third-order valence-electron chi connectivity index (χ3n) is 11.6. The second-order valence-corrected chi connectivity index (χ2v) is 20.2. The minimum absolute atomic E-state index is 0.125. The number of esters is 2. The van der Waals surface area contributed by atoms with Gasteiger partial charge in [0.1, 0.15) is 13.2 Å². The van der Waals surface area contributed by atoms with E-state index in [1.807, 2.05) is 21.1 Å². The van der Waals surface area contributed by atoms with Crippen LogP contribution in [-0.2, 0) is 33.3 Å². The Balaban J connectivity index is 4.40. The lowest BCUT2D eigenvalue weighted by atomic mass is 10.1. The zero-order valence-electron chi connectivity index (χ0n) is 49.9. The van der Waals surface area contributed by atoms with Crippen LogP contribution >= 0.6 is 0 Å². The first kappa shape index (κ1) is 73.4. The molecule has 9 nitrogen and oxygen atoms in total. The van der Waals surface area contributed by atoms with Gasteiger partial charge in [0.2, 0.25) is 0 Å². The molecule has 0 bridgehead atoms. The summed E-state index contributed by atoms with van der Waals surface area (Å²) in [6.07, 6.45) is 86.6. The van der Waals surface area contributed by atoms with Gasteiger partial charge in [0.15, 0.2) is 12.4 Å². The number of carbonyl (C=O) groups is 3.